The van der Waals surface area contributed by atoms with Crippen LogP contribution in [-0.2, 0) is 16.1 Å². The SMILES string of the molecule is O=C(OCc1ccccc1)C1CCC[N]1. The van der Waals surface area contributed by atoms with Gasteiger partial charge in [0.15, 0.2) is 0 Å². The first-order valence-electron chi connectivity index (χ1n) is 5.23. The van der Waals surface area contributed by atoms with Gasteiger partial charge < -0.3 is 4.74 Å². The third kappa shape index (κ3) is 2.80. The van der Waals surface area contributed by atoms with E-state index in [1.807, 2.05) is 30.3 Å². The highest BCUT2D eigenvalue weighted by Gasteiger charge is 2.24. The molecular formula is C12H14NO2. The van der Waals surface area contributed by atoms with E-state index in [-0.39, 0.29) is 12.0 Å². The molecular weight excluding hydrogens is 190 g/mol. The summed E-state index contributed by atoms with van der Waals surface area (Å²) in [7, 11) is 0. The van der Waals surface area contributed by atoms with Crippen molar-refractivity contribution in [3.8, 4) is 0 Å². The topological polar surface area (TPSA) is 40.4 Å². The second-order valence-corrected chi connectivity index (χ2v) is 3.66. The molecule has 1 aromatic carbocycles. The van der Waals surface area contributed by atoms with Crippen LogP contribution in [0.15, 0.2) is 30.3 Å². The van der Waals surface area contributed by atoms with Crippen molar-refractivity contribution in [3.05, 3.63) is 35.9 Å². The van der Waals surface area contributed by atoms with E-state index >= 15 is 0 Å². The highest BCUT2D eigenvalue weighted by molar-refractivity contribution is 5.76. The Kier molecular flexibility index (Phi) is 3.35. The van der Waals surface area contributed by atoms with E-state index in [1.165, 1.54) is 0 Å². The summed E-state index contributed by atoms with van der Waals surface area (Å²) < 4.78 is 5.18. The minimum absolute atomic E-state index is 0.184. The van der Waals surface area contributed by atoms with Crippen LogP contribution in [0.3, 0.4) is 0 Å². The molecule has 15 heavy (non-hydrogen) atoms. The fourth-order valence-electron chi connectivity index (χ4n) is 1.64. The molecule has 1 heterocycles. The number of esters is 1. The van der Waals surface area contributed by atoms with Gasteiger partial charge in [-0.15, -0.1) is 0 Å². The molecule has 3 nitrogen and oxygen atoms in total. The lowest BCUT2D eigenvalue weighted by Crippen LogP contribution is -2.27. The zero-order valence-electron chi connectivity index (χ0n) is 8.56. The quantitative estimate of drug-likeness (QED) is 0.700. The van der Waals surface area contributed by atoms with Crippen molar-refractivity contribution in [2.24, 2.45) is 0 Å². The van der Waals surface area contributed by atoms with Gasteiger partial charge in [0.05, 0.1) is 0 Å². The number of carbonyl (C=O) groups excluding carboxylic acids is 1. The van der Waals surface area contributed by atoms with E-state index in [2.05, 4.69) is 5.32 Å². The zero-order valence-corrected chi connectivity index (χ0v) is 8.56. The van der Waals surface area contributed by atoms with Crippen molar-refractivity contribution in [3.63, 3.8) is 0 Å². The predicted octanol–water partition coefficient (Wildman–Crippen LogP) is 1.50. The third-order valence-corrected chi connectivity index (χ3v) is 2.48. The maximum atomic E-state index is 11.5. The van der Waals surface area contributed by atoms with E-state index in [0.717, 1.165) is 24.9 Å². The molecule has 0 aliphatic carbocycles. The van der Waals surface area contributed by atoms with Crippen LogP contribution in [0.2, 0.25) is 0 Å². The van der Waals surface area contributed by atoms with Gasteiger partial charge in [-0.1, -0.05) is 30.3 Å². The number of nitrogens with zero attached hydrogens (tertiary/aromatic N) is 1. The standard InChI is InChI=1S/C12H14NO2/c14-12(11-7-4-8-13-11)15-9-10-5-2-1-3-6-10/h1-3,5-6,11H,4,7-9H2. The molecule has 1 saturated heterocycles. The number of ether oxygens (including phenoxy) is 1. The van der Waals surface area contributed by atoms with Crippen molar-refractivity contribution in [2.45, 2.75) is 25.5 Å². The fourth-order valence-corrected chi connectivity index (χ4v) is 1.64. The molecule has 0 spiro atoms. The van der Waals surface area contributed by atoms with Gasteiger partial charge in [0, 0.05) is 6.54 Å². The van der Waals surface area contributed by atoms with Crippen molar-refractivity contribution < 1.29 is 9.53 Å². The minimum Gasteiger partial charge on any atom is -0.460 e. The monoisotopic (exact) mass is 204 g/mol. The summed E-state index contributed by atoms with van der Waals surface area (Å²) in [6.07, 6.45) is 1.85. The fraction of sp³-hybridized carbons (Fsp3) is 0.417. The van der Waals surface area contributed by atoms with Crippen LogP contribution < -0.4 is 5.32 Å². The lowest BCUT2D eigenvalue weighted by molar-refractivity contribution is -0.147. The molecule has 0 bridgehead atoms. The van der Waals surface area contributed by atoms with Gasteiger partial charge in [0.1, 0.15) is 12.6 Å². The van der Waals surface area contributed by atoms with Crippen molar-refractivity contribution >= 4 is 5.97 Å². The highest BCUT2D eigenvalue weighted by atomic mass is 16.5. The lowest BCUT2D eigenvalue weighted by Gasteiger charge is -2.08. The van der Waals surface area contributed by atoms with Crippen LogP contribution >= 0.6 is 0 Å². The Morgan fingerprint density at radius 3 is 2.87 bits per heavy atom. The van der Waals surface area contributed by atoms with Crippen LogP contribution in [0.25, 0.3) is 0 Å². The molecule has 1 atom stereocenters. The average Bonchev–Trinajstić information content (AvgIpc) is 2.81. The van der Waals surface area contributed by atoms with Gasteiger partial charge in [-0.2, -0.15) is 0 Å². The number of hydrogen-bond donors (Lipinski definition) is 0. The Balaban J connectivity index is 1.80. The minimum atomic E-state index is -0.214. The summed E-state index contributed by atoms with van der Waals surface area (Å²) >= 11 is 0. The third-order valence-electron chi connectivity index (χ3n) is 2.48. The Morgan fingerprint density at radius 1 is 1.40 bits per heavy atom. The van der Waals surface area contributed by atoms with E-state index < -0.39 is 0 Å². The molecule has 1 aliphatic heterocycles. The molecule has 3 heteroatoms. The molecule has 1 radical (unpaired) electrons. The first-order valence-corrected chi connectivity index (χ1v) is 5.23. The summed E-state index contributed by atoms with van der Waals surface area (Å²) in [5, 5.41) is 4.17. The molecule has 1 aromatic rings. The second kappa shape index (κ2) is 4.94. The van der Waals surface area contributed by atoms with Crippen molar-refractivity contribution in [2.75, 3.05) is 6.54 Å². The molecule has 0 N–H and O–H groups in total. The van der Waals surface area contributed by atoms with E-state index in [1.54, 1.807) is 0 Å². The number of hydrogen-bond acceptors (Lipinski definition) is 2. The highest BCUT2D eigenvalue weighted by Crippen LogP contribution is 2.10. The van der Waals surface area contributed by atoms with Crippen LogP contribution in [0, 0.1) is 0 Å². The van der Waals surface area contributed by atoms with Gasteiger partial charge in [-0.3, -0.25) is 4.79 Å². The Hall–Kier alpha value is -1.35. The number of benzene rings is 1. The molecule has 79 valence electrons. The summed E-state index contributed by atoms with van der Waals surface area (Å²) in [5.41, 5.74) is 1.02. The van der Waals surface area contributed by atoms with Gasteiger partial charge >= 0.3 is 5.97 Å². The smallest absolute Gasteiger partial charge is 0.325 e. The summed E-state index contributed by atoms with van der Waals surface area (Å²) in [5.74, 6) is -0.184. The average molecular weight is 204 g/mol. The van der Waals surface area contributed by atoms with Crippen LogP contribution in [0.5, 0.6) is 0 Å². The van der Waals surface area contributed by atoms with Crippen molar-refractivity contribution in [1.29, 1.82) is 0 Å². The largest absolute Gasteiger partial charge is 0.460 e. The van der Waals surface area contributed by atoms with Gasteiger partial charge in [0.2, 0.25) is 0 Å². The summed E-state index contributed by atoms with van der Waals surface area (Å²) in [4.78, 5) is 11.5. The van der Waals surface area contributed by atoms with Crippen molar-refractivity contribution in [1.82, 2.24) is 5.32 Å². The first kappa shape index (κ1) is 10.2. The van der Waals surface area contributed by atoms with Gasteiger partial charge in [0.25, 0.3) is 0 Å². The lowest BCUT2D eigenvalue weighted by atomic mass is 10.2. The molecule has 1 unspecified atom stereocenters. The Morgan fingerprint density at radius 2 is 2.20 bits per heavy atom. The maximum absolute atomic E-state index is 11.5. The molecule has 2 rings (SSSR count). The second-order valence-electron chi connectivity index (χ2n) is 3.66. The summed E-state index contributed by atoms with van der Waals surface area (Å²) in [6, 6.07) is 9.48. The molecule has 0 saturated carbocycles. The maximum Gasteiger partial charge on any atom is 0.325 e. The molecule has 0 aromatic heterocycles. The van der Waals surface area contributed by atoms with Crippen LogP contribution in [0.4, 0.5) is 0 Å². The van der Waals surface area contributed by atoms with E-state index in [9.17, 15) is 4.79 Å². The normalized spacial score (nSPS) is 20.1. The van der Waals surface area contributed by atoms with Gasteiger partial charge in [-0.05, 0) is 18.4 Å². The molecule has 0 amide bonds. The molecule has 1 fully saturated rings. The number of rotatable bonds is 3. The Bertz CT molecular complexity index is 318. The number of carbonyl (C=O) groups is 1. The van der Waals surface area contributed by atoms with E-state index in [0.29, 0.717) is 6.61 Å². The zero-order chi connectivity index (χ0) is 10.5. The van der Waals surface area contributed by atoms with Crippen LogP contribution in [-0.4, -0.2) is 18.6 Å². The van der Waals surface area contributed by atoms with E-state index in [4.69, 9.17) is 4.74 Å². The Labute approximate surface area is 89.4 Å². The van der Waals surface area contributed by atoms with Crippen LogP contribution in [0.1, 0.15) is 18.4 Å². The molecule has 1 aliphatic rings. The first-order chi connectivity index (χ1) is 7.36. The van der Waals surface area contributed by atoms with Gasteiger partial charge in [-0.25, -0.2) is 5.32 Å². The predicted molar refractivity (Wildman–Crippen MR) is 56.3 cm³/mol. The summed E-state index contributed by atoms with van der Waals surface area (Å²) in [6.45, 7) is 1.15.